The number of rotatable bonds is 0. The van der Waals surface area contributed by atoms with Crippen LogP contribution in [0.25, 0.3) is 0 Å². The van der Waals surface area contributed by atoms with Gasteiger partial charge < -0.3 is 13.9 Å². The van der Waals surface area contributed by atoms with Crippen molar-refractivity contribution >= 4 is 7.82 Å². The van der Waals surface area contributed by atoms with E-state index in [1.165, 1.54) is 0 Å². The summed E-state index contributed by atoms with van der Waals surface area (Å²) in [6.07, 6.45) is 1.15. The number of hydrogen-bond acceptors (Lipinski definition) is 4. The first-order valence-corrected chi connectivity index (χ1v) is 5.87. The maximum absolute atomic E-state index is 11.1. The van der Waals surface area contributed by atoms with Crippen LogP contribution >= 0.6 is 7.82 Å². The molecule has 6 heteroatoms. The molecule has 0 aliphatic carbocycles. The number of likely N-dealkylation sites (tertiary alicyclic amines) is 1. The van der Waals surface area contributed by atoms with E-state index in [4.69, 9.17) is 9.05 Å². The van der Waals surface area contributed by atoms with E-state index in [9.17, 15) is 9.46 Å². The molecule has 0 radical (unpaired) electrons. The quantitative estimate of drug-likeness (QED) is 0.416. The molecule has 5 nitrogen and oxygen atoms in total. The van der Waals surface area contributed by atoms with Gasteiger partial charge in [0.25, 0.3) is 7.82 Å². The third-order valence-electron chi connectivity index (χ3n) is 2.73. The summed E-state index contributed by atoms with van der Waals surface area (Å²) in [5.41, 5.74) is 0. The van der Waals surface area contributed by atoms with Gasteiger partial charge in [-0.1, -0.05) is 0 Å². The third kappa shape index (κ3) is 1.67. The van der Waals surface area contributed by atoms with Crippen molar-refractivity contribution < 1.29 is 23.0 Å². The minimum absolute atomic E-state index is 0.271. The summed E-state index contributed by atoms with van der Waals surface area (Å²) < 4.78 is 21.4. The molecule has 13 heavy (non-hydrogen) atoms. The molecule has 0 aromatic heterocycles. The molecule has 2 fully saturated rings. The zero-order valence-corrected chi connectivity index (χ0v) is 8.70. The first-order valence-electron chi connectivity index (χ1n) is 4.41. The molecule has 2 saturated heterocycles. The van der Waals surface area contributed by atoms with E-state index in [-0.39, 0.29) is 12.3 Å². The minimum Gasteiger partial charge on any atom is -0.756 e. The lowest BCUT2D eigenvalue weighted by molar-refractivity contribution is -0.939. The first-order chi connectivity index (χ1) is 5.91. The molecule has 2 rings (SSSR count). The van der Waals surface area contributed by atoms with Gasteiger partial charge in [0.15, 0.2) is 0 Å². The van der Waals surface area contributed by atoms with Crippen molar-refractivity contribution in [3.63, 3.8) is 0 Å². The van der Waals surface area contributed by atoms with Gasteiger partial charge in [-0.3, -0.25) is 9.09 Å². The lowest BCUT2D eigenvalue weighted by atomic mass is 10.1. The molecule has 0 N–H and O–H groups in total. The van der Waals surface area contributed by atoms with Crippen LogP contribution in [0.4, 0.5) is 0 Å². The SMILES string of the molecule is C[N+]1(C)CCCC2OP(=O)([O-])OC21. The first kappa shape index (κ1) is 9.62. The standard InChI is InChI=1S/C7H14NO4P/c1-8(2)5-3-4-6-7(8)12-13(9,10)11-6/h6-7H,3-5H2,1-2H3. The van der Waals surface area contributed by atoms with Gasteiger partial charge in [0.05, 0.1) is 20.6 Å². The van der Waals surface area contributed by atoms with E-state index in [2.05, 4.69) is 0 Å². The number of likely N-dealkylation sites (N-methyl/N-ethyl adjacent to an activating group) is 1. The van der Waals surface area contributed by atoms with Gasteiger partial charge in [-0.2, -0.15) is 0 Å². The fourth-order valence-corrected chi connectivity index (χ4v) is 3.29. The Balaban J connectivity index is 2.22. The largest absolute Gasteiger partial charge is 0.756 e. The van der Waals surface area contributed by atoms with Gasteiger partial charge in [-0.05, 0) is 12.8 Å². The molecular weight excluding hydrogens is 193 g/mol. The van der Waals surface area contributed by atoms with Gasteiger partial charge in [0.1, 0.15) is 6.10 Å². The summed E-state index contributed by atoms with van der Waals surface area (Å²) in [4.78, 5) is 11.1. The second-order valence-electron chi connectivity index (χ2n) is 4.23. The molecule has 0 bridgehead atoms. The van der Waals surface area contributed by atoms with Crippen LogP contribution in [-0.2, 0) is 13.6 Å². The Labute approximate surface area is 77.5 Å². The Kier molecular flexibility index (Phi) is 2.06. The molecule has 2 heterocycles. The van der Waals surface area contributed by atoms with Crippen molar-refractivity contribution in [1.29, 1.82) is 0 Å². The highest BCUT2D eigenvalue weighted by atomic mass is 31.2. The van der Waals surface area contributed by atoms with Crippen LogP contribution in [0.3, 0.4) is 0 Å². The van der Waals surface area contributed by atoms with Gasteiger partial charge in [-0.25, -0.2) is 0 Å². The van der Waals surface area contributed by atoms with Crippen molar-refractivity contribution in [2.45, 2.75) is 25.2 Å². The van der Waals surface area contributed by atoms with E-state index in [0.717, 1.165) is 19.4 Å². The topological polar surface area (TPSA) is 58.6 Å². The number of piperidine rings is 1. The smallest absolute Gasteiger partial charge is 0.273 e. The molecular formula is C7H14NO4P. The van der Waals surface area contributed by atoms with E-state index in [1.807, 2.05) is 14.1 Å². The molecule has 0 aromatic rings. The highest BCUT2D eigenvalue weighted by Crippen LogP contribution is 2.52. The van der Waals surface area contributed by atoms with Crippen molar-refractivity contribution in [2.24, 2.45) is 0 Å². The van der Waals surface area contributed by atoms with Crippen LogP contribution in [0.1, 0.15) is 12.8 Å². The maximum atomic E-state index is 11.1. The Morgan fingerprint density at radius 2 is 2.15 bits per heavy atom. The number of hydrogen-bond donors (Lipinski definition) is 0. The highest BCUT2D eigenvalue weighted by molar-refractivity contribution is 7.46. The molecule has 0 spiro atoms. The Morgan fingerprint density at radius 1 is 1.46 bits per heavy atom. The van der Waals surface area contributed by atoms with Crippen molar-refractivity contribution in [3.05, 3.63) is 0 Å². The molecule has 0 saturated carbocycles. The third-order valence-corrected chi connectivity index (χ3v) is 3.73. The van der Waals surface area contributed by atoms with E-state index < -0.39 is 7.82 Å². The Hall–Kier alpha value is 0.0700. The summed E-state index contributed by atoms with van der Waals surface area (Å²) in [6.45, 7) is 0.935. The molecule has 3 unspecified atom stereocenters. The zero-order chi connectivity index (χ0) is 9.69. The predicted molar refractivity (Wildman–Crippen MR) is 43.6 cm³/mol. The molecule has 0 aromatic carbocycles. The van der Waals surface area contributed by atoms with Crippen LogP contribution in [-0.4, -0.2) is 37.5 Å². The van der Waals surface area contributed by atoms with Crippen molar-refractivity contribution in [1.82, 2.24) is 0 Å². The van der Waals surface area contributed by atoms with Gasteiger partial charge in [-0.15, -0.1) is 0 Å². The fourth-order valence-electron chi connectivity index (χ4n) is 2.04. The predicted octanol–water partition coefficient (Wildman–Crippen LogP) is 0.0665. The minimum atomic E-state index is -3.99. The second kappa shape index (κ2) is 2.78. The van der Waals surface area contributed by atoms with Crippen LogP contribution in [0.2, 0.25) is 0 Å². The van der Waals surface area contributed by atoms with Crippen molar-refractivity contribution in [3.8, 4) is 0 Å². The van der Waals surface area contributed by atoms with Gasteiger partial charge >= 0.3 is 0 Å². The number of phosphoric ester groups is 1. The number of fused-ring (bicyclic) bond motifs is 1. The molecule has 76 valence electrons. The van der Waals surface area contributed by atoms with Crippen LogP contribution in [0, 0.1) is 0 Å². The molecule has 0 amide bonds. The Morgan fingerprint density at radius 3 is 2.77 bits per heavy atom. The normalized spacial score (nSPS) is 48.8. The average Bonchev–Trinajstić information content (AvgIpc) is 2.25. The summed E-state index contributed by atoms with van der Waals surface area (Å²) >= 11 is 0. The Bertz CT molecular complexity index is 267. The summed E-state index contributed by atoms with van der Waals surface area (Å²) in [6, 6.07) is 0. The number of quaternary nitrogens is 1. The van der Waals surface area contributed by atoms with Crippen LogP contribution < -0.4 is 4.89 Å². The fraction of sp³-hybridized carbons (Fsp3) is 1.00. The monoisotopic (exact) mass is 207 g/mol. The number of phosphoric acid groups is 1. The highest BCUT2D eigenvalue weighted by Gasteiger charge is 2.49. The molecule has 2 aliphatic rings. The second-order valence-corrected chi connectivity index (χ2v) is 5.55. The maximum Gasteiger partial charge on any atom is 0.273 e. The van der Waals surface area contributed by atoms with E-state index in [1.54, 1.807) is 0 Å². The molecule has 2 aliphatic heterocycles. The lowest BCUT2D eigenvalue weighted by Gasteiger charge is -2.40. The number of nitrogens with zero attached hydrogens (tertiary/aromatic N) is 1. The molecule has 3 atom stereocenters. The van der Waals surface area contributed by atoms with Gasteiger partial charge in [0, 0.05) is 0 Å². The van der Waals surface area contributed by atoms with E-state index in [0.29, 0.717) is 4.48 Å². The summed E-state index contributed by atoms with van der Waals surface area (Å²) in [5.74, 6) is 0. The average molecular weight is 207 g/mol. The van der Waals surface area contributed by atoms with E-state index >= 15 is 0 Å². The summed E-state index contributed by atoms with van der Waals surface area (Å²) in [5, 5.41) is 0. The van der Waals surface area contributed by atoms with Gasteiger partial charge in [0.2, 0.25) is 6.23 Å². The van der Waals surface area contributed by atoms with Crippen LogP contribution in [0.5, 0.6) is 0 Å². The van der Waals surface area contributed by atoms with Crippen LogP contribution in [0.15, 0.2) is 0 Å². The summed E-state index contributed by atoms with van der Waals surface area (Å²) in [7, 11) is -0.0665. The van der Waals surface area contributed by atoms with Crippen molar-refractivity contribution in [2.75, 3.05) is 20.6 Å². The zero-order valence-electron chi connectivity index (χ0n) is 7.80. The lowest BCUT2D eigenvalue weighted by Crippen LogP contribution is -2.56.